The summed E-state index contributed by atoms with van der Waals surface area (Å²) in [5.74, 6) is 1.76. The Bertz CT molecular complexity index is 490. The summed E-state index contributed by atoms with van der Waals surface area (Å²) in [4.78, 5) is 2.20. The molecule has 2 rings (SSSR count). The molecule has 1 aromatic rings. The average Bonchev–Trinajstić information content (AvgIpc) is 2.72. The number of hydrogen-bond acceptors (Lipinski definition) is 5. The highest BCUT2D eigenvalue weighted by molar-refractivity contribution is 7.99. The molecular formula is C10H16N2O2S3. The number of thioether (sulfide) groups is 1. The fourth-order valence-electron chi connectivity index (χ4n) is 1.81. The molecule has 4 nitrogen and oxygen atoms in total. The molecule has 0 amide bonds. The average molecular weight is 292 g/mol. The molecule has 17 heavy (non-hydrogen) atoms. The fourth-order valence-corrected chi connectivity index (χ4v) is 5.87. The highest BCUT2D eigenvalue weighted by Gasteiger charge is 2.28. The molecule has 1 aliphatic rings. The summed E-state index contributed by atoms with van der Waals surface area (Å²) in [5, 5.41) is 0. The van der Waals surface area contributed by atoms with Gasteiger partial charge in [-0.05, 0) is 13.0 Å². The largest absolute Gasteiger partial charge is 0.326 e. The van der Waals surface area contributed by atoms with Gasteiger partial charge in [-0.3, -0.25) is 0 Å². The topological polar surface area (TPSA) is 63.4 Å². The summed E-state index contributed by atoms with van der Waals surface area (Å²) in [7, 11) is -3.31. The second-order valence-electron chi connectivity index (χ2n) is 3.85. The summed E-state index contributed by atoms with van der Waals surface area (Å²) in [6, 6.07) is 1.72. The number of aryl methyl sites for hydroxylation is 1. The van der Waals surface area contributed by atoms with Gasteiger partial charge in [-0.25, -0.2) is 8.42 Å². The maximum absolute atomic E-state index is 12.4. The Kier molecular flexibility index (Phi) is 4.14. The maximum atomic E-state index is 12.4. The van der Waals surface area contributed by atoms with Crippen LogP contribution in [-0.2, 0) is 16.6 Å². The lowest BCUT2D eigenvalue weighted by Gasteiger charge is -2.25. The minimum absolute atomic E-state index is 0.400. The molecule has 0 unspecified atom stereocenters. The first-order valence-corrected chi connectivity index (χ1v) is 8.84. The summed E-state index contributed by atoms with van der Waals surface area (Å²) >= 11 is 3.27. The van der Waals surface area contributed by atoms with Crippen molar-refractivity contribution < 1.29 is 8.42 Å². The van der Waals surface area contributed by atoms with Crippen LogP contribution in [0.1, 0.15) is 9.75 Å². The zero-order valence-corrected chi connectivity index (χ0v) is 12.1. The van der Waals surface area contributed by atoms with Crippen molar-refractivity contribution in [1.29, 1.82) is 0 Å². The van der Waals surface area contributed by atoms with Gasteiger partial charge in [0.25, 0.3) is 0 Å². The predicted octanol–water partition coefficient (Wildman–Crippen LogP) is 1.25. The van der Waals surface area contributed by atoms with Crippen molar-refractivity contribution in [2.75, 3.05) is 24.6 Å². The highest BCUT2D eigenvalue weighted by atomic mass is 32.2. The summed E-state index contributed by atoms with van der Waals surface area (Å²) in [5.41, 5.74) is 5.55. The number of nitrogens with zero attached hydrogens (tertiary/aromatic N) is 1. The van der Waals surface area contributed by atoms with Crippen molar-refractivity contribution in [1.82, 2.24) is 4.31 Å². The van der Waals surface area contributed by atoms with Crippen LogP contribution in [-0.4, -0.2) is 37.3 Å². The van der Waals surface area contributed by atoms with Crippen LogP contribution >= 0.6 is 23.1 Å². The minimum atomic E-state index is -3.31. The summed E-state index contributed by atoms with van der Waals surface area (Å²) in [6.45, 7) is 3.47. The lowest BCUT2D eigenvalue weighted by Crippen LogP contribution is -2.37. The molecule has 1 saturated heterocycles. The third-order valence-corrected chi connectivity index (χ3v) is 6.88. The third-order valence-electron chi connectivity index (χ3n) is 2.71. The van der Waals surface area contributed by atoms with Gasteiger partial charge in [-0.1, -0.05) is 0 Å². The molecular weight excluding hydrogens is 276 g/mol. The highest BCUT2D eigenvalue weighted by Crippen LogP contribution is 2.29. The van der Waals surface area contributed by atoms with Crippen molar-refractivity contribution in [2.45, 2.75) is 18.4 Å². The van der Waals surface area contributed by atoms with E-state index in [1.165, 1.54) is 11.3 Å². The third kappa shape index (κ3) is 2.68. The van der Waals surface area contributed by atoms with Crippen LogP contribution in [0.25, 0.3) is 0 Å². The number of thiophene rings is 1. The number of rotatable bonds is 3. The molecule has 96 valence electrons. The molecule has 2 heterocycles. The smallest absolute Gasteiger partial charge is 0.244 e. The van der Waals surface area contributed by atoms with E-state index in [4.69, 9.17) is 5.73 Å². The van der Waals surface area contributed by atoms with Crippen molar-refractivity contribution in [3.8, 4) is 0 Å². The predicted molar refractivity (Wildman–Crippen MR) is 73.0 cm³/mol. The van der Waals surface area contributed by atoms with Crippen LogP contribution in [0.5, 0.6) is 0 Å². The summed E-state index contributed by atoms with van der Waals surface area (Å²) < 4.78 is 26.4. The van der Waals surface area contributed by atoms with Crippen LogP contribution in [0.3, 0.4) is 0 Å². The standard InChI is InChI=1S/C10H16N2O2S3/c1-8-10(6-9(7-11)16-8)17(13,14)12-2-4-15-5-3-12/h6H,2-5,7,11H2,1H3. The molecule has 0 spiro atoms. The number of nitrogens with two attached hydrogens (primary N) is 1. The van der Waals surface area contributed by atoms with Crippen molar-refractivity contribution >= 4 is 33.1 Å². The van der Waals surface area contributed by atoms with E-state index in [0.29, 0.717) is 24.5 Å². The molecule has 0 radical (unpaired) electrons. The molecule has 1 aromatic heterocycles. The quantitative estimate of drug-likeness (QED) is 0.911. The second-order valence-corrected chi connectivity index (χ2v) is 8.33. The lowest BCUT2D eigenvalue weighted by atomic mass is 10.4. The number of sulfonamides is 1. The Morgan fingerprint density at radius 2 is 2.06 bits per heavy atom. The van der Waals surface area contributed by atoms with E-state index in [9.17, 15) is 8.42 Å². The first-order valence-electron chi connectivity index (χ1n) is 5.43. The van der Waals surface area contributed by atoms with Crippen LogP contribution in [0, 0.1) is 6.92 Å². The maximum Gasteiger partial charge on any atom is 0.244 e. The molecule has 0 aromatic carbocycles. The molecule has 0 bridgehead atoms. The van der Waals surface area contributed by atoms with Gasteiger partial charge in [0, 0.05) is 40.9 Å². The van der Waals surface area contributed by atoms with E-state index in [1.54, 1.807) is 22.1 Å². The molecule has 1 fully saturated rings. The Balaban J connectivity index is 2.33. The molecule has 1 aliphatic heterocycles. The molecule has 7 heteroatoms. The summed E-state index contributed by atoms with van der Waals surface area (Å²) in [6.07, 6.45) is 0. The molecule has 2 N–H and O–H groups in total. The van der Waals surface area contributed by atoms with Gasteiger partial charge < -0.3 is 5.73 Å². The van der Waals surface area contributed by atoms with Crippen LogP contribution in [0.2, 0.25) is 0 Å². The Morgan fingerprint density at radius 3 is 2.59 bits per heavy atom. The van der Waals surface area contributed by atoms with Gasteiger partial charge in [0.2, 0.25) is 10.0 Å². The Labute approximate surface area is 110 Å². The van der Waals surface area contributed by atoms with E-state index in [1.807, 2.05) is 6.92 Å². The molecule has 0 atom stereocenters. The van der Waals surface area contributed by atoms with E-state index >= 15 is 0 Å². The monoisotopic (exact) mass is 292 g/mol. The zero-order chi connectivity index (χ0) is 12.5. The van der Waals surface area contributed by atoms with Gasteiger partial charge in [-0.2, -0.15) is 16.1 Å². The van der Waals surface area contributed by atoms with Gasteiger partial charge in [0.15, 0.2) is 0 Å². The van der Waals surface area contributed by atoms with Crippen molar-refractivity contribution in [3.63, 3.8) is 0 Å². The van der Waals surface area contributed by atoms with Gasteiger partial charge in [0.1, 0.15) is 0 Å². The van der Waals surface area contributed by atoms with E-state index < -0.39 is 10.0 Å². The zero-order valence-electron chi connectivity index (χ0n) is 9.68. The molecule has 0 saturated carbocycles. The van der Waals surface area contributed by atoms with Gasteiger partial charge in [-0.15, -0.1) is 11.3 Å². The van der Waals surface area contributed by atoms with Gasteiger partial charge in [0.05, 0.1) is 4.90 Å². The lowest BCUT2D eigenvalue weighted by molar-refractivity contribution is 0.443. The van der Waals surface area contributed by atoms with Crippen molar-refractivity contribution in [2.24, 2.45) is 5.73 Å². The fraction of sp³-hybridized carbons (Fsp3) is 0.600. The van der Waals surface area contributed by atoms with Crippen LogP contribution in [0.4, 0.5) is 0 Å². The van der Waals surface area contributed by atoms with Crippen LogP contribution in [0.15, 0.2) is 11.0 Å². The minimum Gasteiger partial charge on any atom is -0.326 e. The van der Waals surface area contributed by atoms with Crippen LogP contribution < -0.4 is 5.73 Å². The SMILES string of the molecule is Cc1sc(CN)cc1S(=O)(=O)N1CCSCC1. The first-order chi connectivity index (χ1) is 8.05. The second kappa shape index (κ2) is 5.27. The van der Waals surface area contributed by atoms with E-state index in [-0.39, 0.29) is 0 Å². The normalized spacial score (nSPS) is 18.5. The Hall–Kier alpha value is -0.0800. The van der Waals surface area contributed by atoms with Gasteiger partial charge >= 0.3 is 0 Å². The molecule has 0 aliphatic carbocycles. The Morgan fingerprint density at radius 1 is 1.41 bits per heavy atom. The first kappa shape index (κ1) is 13.4. The van der Waals surface area contributed by atoms with E-state index in [2.05, 4.69) is 0 Å². The van der Waals surface area contributed by atoms with E-state index in [0.717, 1.165) is 21.3 Å². The number of hydrogen-bond donors (Lipinski definition) is 1. The van der Waals surface area contributed by atoms with Crippen molar-refractivity contribution in [3.05, 3.63) is 15.8 Å².